The van der Waals surface area contributed by atoms with Crippen molar-refractivity contribution in [3.63, 3.8) is 0 Å². The van der Waals surface area contributed by atoms with Crippen molar-refractivity contribution in [3.8, 4) is 0 Å². The van der Waals surface area contributed by atoms with Crippen molar-refractivity contribution in [2.45, 2.75) is 26.0 Å². The summed E-state index contributed by atoms with van der Waals surface area (Å²) in [6.07, 6.45) is 3.08. The molecule has 2 heterocycles. The minimum absolute atomic E-state index is 0.446. The van der Waals surface area contributed by atoms with Gasteiger partial charge < -0.3 is 5.11 Å². The molecule has 5 heteroatoms. The number of aliphatic hydroxyl groups excluding tert-OH is 1. The Kier molecular flexibility index (Phi) is 3.43. The van der Waals surface area contributed by atoms with E-state index in [0.717, 1.165) is 28.8 Å². The third-order valence-corrected chi connectivity index (χ3v) is 3.41. The molecule has 3 aromatic rings. The van der Waals surface area contributed by atoms with E-state index in [2.05, 4.69) is 15.1 Å². The van der Waals surface area contributed by atoms with E-state index in [1.54, 1.807) is 10.9 Å². The van der Waals surface area contributed by atoms with Gasteiger partial charge >= 0.3 is 0 Å². The van der Waals surface area contributed by atoms with Crippen molar-refractivity contribution in [2.24, 2.45) is 0 Å². The Bertz CT molecular complexity index is 717. The van der Waals surface area contributed by atoms with Crippen LogP contribution in [0.15, 0.2) is 42.9 Å². The van der Waals surface area contributed by atoms with Crippen LogP contribution in [0.2, 0.25) is 0 Å². The number of aromatic nitrogens is 4. The van der Waals surface area contributed by atoms with Crippen LogP contribution in [0.4, 0.5) is 0 Å². The molecule has 0 spiro atoms. The van der Waals surface area contributed by atoms with Gasteiger partial charge in [0.1, 0.15) is 12.2 Å². The summed E-state index contributed by atoms with van der Waals surface area (Å²) in [6.45, 7) is 2.76. The third-order valence-electron chi connectivity index (χ3n) is 3.41. The smallest absolute Gasteiger partial charge is 0.138 e. The number of aryl methyl sites for hydroxylation is 1. The second-order valence-corrected chi connectivity index (χ2v) is 4.63. The van der Waals surface area contributed by atoms with Gasteiger partial charge in [0.05, 0.1) is 11.6 Å². The van der Waals surface area contributed by atoms with Gasteiger partial charge in [-0.1, -0.05) is 18.2 Å². The second kappa shape index (κ2) is 5.38. The molecule has 0 amide bonds. The van der Waals surface area contributed by atoms with Crippen LogP contribution >= 0.6 is 0 Å². The summed E-state index contributed by atoms with van der Waals surface area (Å²) >= 11 is 0. The maximum atomic E-state index is 10.5. The summed E-state index contributed by atoms with van der Waals surface area (Å²) < 4.78 is 1.80. The summed E-state index contributed by atoms with van der Waals surface area (Å²) in [5, 5.41) is 15.6. The zero-order valence-corrected chi connectivity index (χ0v) is 11.3. The maximum Gasteiger partial charge on any atom is 0.138 e. The second-order valence-electron chi connectivity index (χ2n) is 4.63. The Balaban J connectivity index is 1.95. The molecule has 5 nitrogen and oxygen atoms in total. The predicted octanol–water partition coefficient (Wildman–Crippen LogP) is 2.12. The summed E-state index contributed by atoms with van der Waals surface area (Å²) in [5.74, 6) is 0.792. The molecule has 0 fully saturated rings. The number of aliphatic hydroxyl groups is 1. The average molecular weight is 268 g/mol. The molecule has 0 saturated heterocycles. The minimum Gasteiger partial charge on any atom is -0.388 e. The summed E-state index contributed by atoms with van der Waals surface area (Å²) in [5.41, 5.74) is 1.77. The average Bonchev–Trinajstić information content (AvgIpc) is 2.93. The lowest BCUT2D eigenvalue weighted by Crippen LogP contribution is -2.10. The van der Waals surface area contributed by atoms with E-state index >= 15 is 0 Å². The van der Waals surface area contributed by atoms with Crippen LogP contribution in [0.1, 0.15) is 24.4 Å². The van der Waals surface area contributed by atoms with Crippen LogP contribution in [0.5, 0.6) is 0 Å². The first-order valence-electron chi connectivity index (χ1n) is 6.68. The van der Waals surface area contributed by atoms with Gasteiger partial charge in [-0.25, -0.2) is 4.98 Å². The molecule has 3 rings (SSSR count). The summed E-state index contributed by atoms with van der Waals surface area (Å²) in [4.78, 5) is 8.52. The largest absolute Gasteiger partial charge is 0.388 e. The van der Waals surface area contributed by atoms with E-state index in [4.69, 9.17) is 0 Å². The van der Waals surface area contributed by atoms with Crippen LogP contribution < -0.4 is 0 Å². The van der Waals surface area contributed by atoms with E-state index in [0.29, 0.717) is 6.42 Å². The Morgan fingerprint density at radius 1 is 1.20 bits per heavy atom. The van der Waals surface area contributed by atoms with Crippen LogP contribution in [0.25, 0.3) is 10.9 Å². The summed E-state index contributed by atoms with van der Waals surface area (Å²) in [7, 11) is 0. The van der Waals surface area contributed by atoms with Crippen LogP contribution in [-0.2, 0) is 13.0 Å². The molecule has 102 valence electrons. The lowest BCUT2D eigenvalue weighted by Gasteiger charge is -2.13. The monoisotopic (exact) mass is 268 g/mol. The molecule has 1 unspecified atom stereocenters. The molecule has 0 radical (unpaired) electrons. The third kappa shape index (κ3) is 2.28. The first-order chi connectivity index (χ1) is 9.79. The Morgan fingerprint density at radius 2 is 2.05 bits per heavy atom. The molecule has 1 aromatic carbocycles. The molecular formula is C15H16N4O. The number of fused-ring (bicyclic) bond motifs is 1. The molecule has 0 aliphatic rings. The van der Waals surface area contributed by atoms with Gasteiger partial charge in [0, 0.05) is 24.5 Å². The molecule has 1 N–H and O–H groups in total. The van der Waals surface area contributed by atoms with Crippen molar-refractivity contribution in [1.29, 1.82) is 0 Å². The van der Waals surface area contributed by atoms with Gasteiger partial charge in [-0.3, -0.25) is 9.67 Å². The van der Waals surface area contributed by atoms with Crippen LogP contribution in [0.3, 0.4) is 0 Å². The first-order valence-corrected chi connectivity index (χ1v) is 6.68. The highest BCUT2D eigenvalue weighted by atomic mass is 16.3. The van der Waals surface area contributed by atoms with Crippen molar-refractivity contribution in [1.82, 2.24) is 19.7 Å². The van der Waals surface area contributed by atoms with Crippen LogP contribution in [0, 0.1) is 0 Å². The van der Waals surface area contributed by atoms with Crippen molar-refractivity contribution in [3.05, 3.63) is 54.2 Å². The molecule has 20 heavy (non-hydrogen) atoms. The van der Waals surface area contributed by atoms with E-state index in [9.17, 15) is 5.11 Å². The molecular weight excluding hydrogens is 252 g/mol. The summed E-state index contributed by atoms with van der Waals surface area (Å²) in [6, 6.07) is 9.68. The predicted molar refractivity (Wildman–Crippen MR) is 76.1 cm³/mol. The number of benzene rings is 1. The standard InChI is InChI=1S/C15H16N4O/c1-2-19-15(17-10-18-19)9-14(20)12-7-8-16-13-6-4-3-5-11(12)13/h3-8,10,14,20H,2,9H2,1H3. The van der Waals surface area contributed by atoms with Crippen molar-refractivity contribution in [2.75, 3.05) is 0 Å². The Morgan fingerprint density at radius 3 is 2.90 bits per heavy atom. The number of nitrogens with zero attached hydrogens (tertiary/aromatic N) is 4. The quantitative estimate of drug-likeness (QED) is 0.787. The van der Waals surface area contributed by atoms with Gasteiger partial charge in [-0.15, -0.1) is 0 Å². The van der Waals surface area contributed by atoms with Crippen molar-refractivity contribution >= 4 is 10.9 Å². The highest BCUT2D eigenvalue weighted by Gasteiger charge is 2.15. The molecule has 0 aliphatic heterocycles. The van der Waals surface area contributed by atoms with Crippen LogP contribution in [-0.4, -0.2) is 24.9 Å². The van der Waals surface area contributed by atoms with Crippen molar-refractivity contribution < 1.29 is 5.11 Å². The van der Waals surface area contributed by atoms with E-state index < -0.39 is 6.10 Å². The van der Waals surface area contributed by atoms with Gasteiger partial charge in [0.15, 0.2) is 0 Å². The SMILES string of the molecule is CCn1ncnc1CC(O)c1ccnc2ccccc12. The molecule has 2 aromatic heterocycles. The fourth-order valence-electron chi connectivity index (χ4n) is 2.40. The van der Waals surface area contributed by atoms with Gasteiger partial charge in [0.2, 0.25) is 0 Å². The number of hydrogen-bond donors (Lipinski definition) is 1. The maximum absolute atomic E-state index is 10.5. The lowest BCUT2D eigenvalue weighted by molar-refractivity contribution is 0.175. The van der Waals surface area contributed by atoms with Gasteiger partial charge in [-0.2, -0.15) is 5.10 Å². The zero-order valence-electron chi connectivity index (χ0n) is 11.3. The number of rotatable bonds is 4. The topological polar surface area (TPSA) is 63.8 Å². The van der Waals surface area contributed by atoms with Gasteiger partial charge in [0.25, 0.3) is 0 Å². The highest BCUT2D eigenvalue weighted by Crippen LogP contribution is 2.24. The number of para-hydroxylation sites is 1. The first kappa shape index (κ1) is 12.7. The van der Waals surface area contributed by atoms with E-state index in [-0.39, 0.29) is 0 Å². The number of hydrogen-bond acceptors (Lipinski definition) is 4. The normalized spacial score (nSPS) is 12.7. The zero-order chi connectivity index (χ0) is 13.9. The van der Waals surface area contributed by atoms with E-state index in [1.165, 1.54) is 6.33 Å². The number of pyridine rings is 1. The van der Waals surface area contributed by atoms with E-state index in [1.807, 2.05) is 37.3 Å². The molecule has 0 aliphatic carbocycles. The Labute approximate surface area is 116 Å². The fourth-order valence-corrected chi connectivity index (χ4v) is 2.40. The van der Waals surface area contributed by atoms with Gasteiger partial charge in [-0.05, 0) is 24.6 Å². The lowest BCUT2D eigenvalue weighted by atomic mass is 10.0. The fraction of sp³-hybridized carbons (Fsp3) is 0.267. The molecule has 0 bridgehead atoms. The minimum atomic E-state index is -0.614. The Hall–Kier alpha value is -2.27. The molecule has 0 saturated carbocycles. The molecule has 1 atom stereocenters. The highest BCUT2D eigenvalue weighted by molar-refractivity contribution is 5.82.